The summed E-state index contributed by atoms with van der Waals surface area (Å²) in [6.07, 6.45) is 3.38. The number of nitrogens with one attached hydrogen (secondary N) is 1. The molecular weight excluding hydrogens is 260 g/mol. The Labute approximate surface area is 116 Å². The van der Waals surface area contributed by atoms with Crippen LogP contribution in [0.15, 0.2) is 23.1 Å². The van der Waals surface area contributed by atoms with E-state index in [1.165, 1.54) is 18.2 Å². The van der Waals surface area contributed by atoms with E-state index in [0.717, 1.165) is 36.5 Å². The summed E-state index contributed by atoms with van der Waals surface area (Å²) in [5.41, 5.74) is 1.44. The number of amides is 2. The minimum absolute atomic E-state index is 0.0000662. The topological polar surface area (TPSA) is 49.4 Å². The molecule has 2 aliphatic heterocycles. The smallest absolute Gasteiger partial charge is 0.253 e. The van der Waals surface area contributed by atoms with E-state index in [0.29, 0.717) is 11.3 Å². The molecule has 0 atom stereocenters. The summed E-state index contributed by atoms with van der Waals surface area (Å²) in [6.45, 7) is 1.69. The van der Waals surface area contributed by atoms with Crippen molar-refractivity contribution in [2.45, 2.75) is 24.2 Å². The number of hydrogen-bond acceptors (Lipinski definition) is 3. The van der Waals surface area contributed by atoms with Gasteiger partial charge in [0.15, 0.2) is 0 Å². The molecule has 0 unspecified atom stereocenters. The Morgan fingerprint density at radius 3 is 2.79 bits per heavy atom. The quantitative estimate of drug-likeness (QED) is 0.856. The molecule has 4 nitrogen and oxygen atoms in total. The van der Waals surface area contributed by atoms with Gasteiger partial charge in [-0.15, -0.1) is 11.8 Å². The first kappa shape index (κ1) is 12.5. The zero-order valence-electron chi connectivity index (χ0n) is 10.6. The highest BCUT2D eigenvalue weighted by atomic mass is 32.2. The van der Waals surface area contributed by atoms with Gasteiger partial charge in [0.05, 0.1) is 11.4 Å². The van der Waals surface area contributed by atoms with E-state index >= 15 is 0 Å². The molecule has 3 rings (SSSR count). The maximum Gasteiger partial charge on any atom is 0.253 e. The Morgan fingerprint density at radius 2 is 2.00 bits per heavy atom. The van der Waals surface area contributed by atoms with E-state index < -0.39 is 0 Å². The van der Waals surface area contributed by atoms with Crippen LogP contribution in [0, 0.1) is 0 Å². The lowest BCUT2D eigenvalue weighted by Gasteiger charge is -2.27. The Balaban J connectivity index is 1.83. The van der Waals surface area contributed by atoms with Gasteiger partial charge >= 0.3 is 0 Å². The number of carbonyl (C=O) groups is 2. The first-order valence-corrected chi connectivity index (χ1v) is 7.58. The van der Waals surface area contributed by atoms with Crippen LogP contribution < -0.4 is 5.32 Å². The van der Waals surface area contributed by atoms with E-state index in [-0.39, 0.29) is 11.8 Å². The highest BCUT2D eigenvalue weighted by Gasteiger charge is 2.21. The Hall–Kier alpha value is -1.49. The molecule has 2 heterocycles. The molecular formula is C14H16N2O2S. The molecule has 1 saturated heterocycles. The van der Waals surface area contributed by atoms with Crippen molar-refractivity contribution in [1.82, 2.24) is 4.90 Å². The van der Waals surface area contributed by atoms with Gasteiger partial charge in [0.2, 0.25) is 5.91 Å². The minimum atomic E-state index is 0.0000662. The summed E-state index contributed by atoms with van der Waals surface area (Å²) in [4.78, 5) is 26.7. The second-order valence-corrected chi connectivity index (χ2v) is 5.92. The second-order valence-electron chi connectivity index (χ2n) is 4.90. The summed E-state index contributed by atoms with van der Waals surface area (Å²) < 4.78 is 0. The molecule has 2 aliphatic rings. The number of carbonyl (C=O) groups excluding carboxylic acids is 2. The maximum atomic E-state index is 12.4. The van der Waals surface area contributed by atoms with Gasteiger partial charge in [-0.1, -0.05) is 0 Å². The molecule has 0 aliphatic carbocycles. The largest absolute Gasteiger partial charge is 0.339 e. The Morgan fingerprint density at radius 1 is 1.21 bits per heavy atom. The third kappa shape index (κ3) is 2.61. The molecule has 19 heavy (non-hydrogen) atoms. The molecule has 2 amide bonds. The van der Waals surface area contributed by atoms with Crippen molar-refractivity contribution in [3.63, 3.8) is 0 Å². The van der Waals surface area contributed by atoms with Gasteiger partial charge in [0.25, 0.3) is 5.91 Å². The van der Waals surface area contributed by atoms with Gasteiger partial charge in [-0.05, 0) is 37.5 Å². The number of hydrogen-bond donors (Lipinski definition) is 1. The fourth-order valence-corrected chi connectivity index (χ4v) is 3.28. The number of nitrogens with zero attached hydrogens (tertiary/aromatic N) is 1. The van der Waals surface area contributed by atoms with Crippen LogP contribution in [-0.4, -0.2) is 35.6 Å². The molecule has 100 valence electrons. The SMILES string of the molecule is O=C1CSc2ccc(C(=O)N3CCCCC3)cc2N1. The fraction of sp³-hybridized carbons (Fsp3) is 0.429. The standard InChI is InChI=1S/C14H16N2O2S/c17-13-9-19-12-5-4-10(8-11(12)15-13)14(18)16-6-2-1-3-7-16/h4-5,8H,1-3,6-7,9H2,(H,15,17). The second kappa shape index (κ2) is 5.25. The lowest BCUT2D eigenvalue weighted by Crippen LogP contribution is -2.35. The number of benzene rings is 1. The third-order valence-electron chi connectivity index (χ3n) is 3.50. The molecule has 5 heteroatoms. The summed E-state index contributed by atoms with van der Waals surface area (Å²) in [6, 6.07) is 5.59. The van der Waals surface area contributed by atoms with Gasteiger partial charge < -0.3 is 10.2 Å². The number of likely N-dealkylation sites (tertiary alicyclic amines) is 1. The van der Waals surface area contributed by atoms with Crippen LogP contribution in [0.4, 0.5) is 5.69 Å². The molecule has 0 spiro atoms. The number of thioether (sulfide) groups is 1. The van der Waals surface area contributed by atoms with Crippen molar-refractivity contribution in [3.05, 3.63) is 23.8 Å². The summed E-state index contributed by atoms with van der Waals surface area (Å²) in [5.74, 6) is 0.527. The predicted molar refractivity (Wildman–Crippen MR) is 75.6 cm³/mol. The van der Waals surface area contributed by atoms with Gasteiger partial charge in [-0.2, -0.15) is 0 Å². The van der Waals surface area contributed by atoms with Crippen LogP contribution in [0.5, 0.6) is 0 Å². The van der Waals surface area contributed by atoms with Gasteiger partial charge in [0.1, 0.15) is 0 Å². The number of anilines is 1. The lowest BCUT2D eigenvalue weighted by molar-refractivity contribution is -0.113. The van der Waals surface area contributed by atoms with Crippen molar-refractivity contribution in [2.24, 2.45) is 0 Å². The van der Waals surface area contributed by atoms with Gasteiger partial charge in [0, 0.05) is 23.5 Å². The lowest BCUT2D eigenvalue weighted by atomic mass is 10.1. The van der Waals surface area contributed by atoms with Crippen molar-refractivity contribution in [3.8, 4) is 0 Å². The normalized spacial score (nSPS) is 18.7. The van der Waals surface area contributed by atoms with Crippen molar-refractivity contribution >= 4 is 29.3 Å². The van der Waals surface area contributed by atoms with E-state index in [9.17, 15) is 9.59 Å². The van der Waals surface area contributed by atoms with Crippen LogP contribution >= 0.6 is 11.8 Å². The zero-order chi connectivity index (χ0) is 13.2. The van der Waals surface area contributed by atoms with Crippen molar-refractivity contribution < 1.29 is 9.59 Å². The van der Waals surface area contributed by atoms with Crippen molar-refractivity contribution in [2.75, 3.05) is 24.2 Å². The number of piperidine rings is 1. The van der Waals surface area contributed by atoms with Gasteiger partial charge in [-0.25, -0.2) is 0 Å². The Bertz CT molecular complexity index is 524. The average molecular weight is 276 g/mol. The number of rotatable bonds is 1. The minimum Gasteiger partial charge on any atom is -0.339 e. The van der Waals surface area contributed by atoms with Crippen LogP contribution in [0.1, 0.15) is 29.6 Å². The Kier molecular flexibility index (Phi) is 3.46. The fourth-order valence-electron chi connectivity index (χ4n) is 2.50. The average Bonchev–Trinajstić information content (AvgIpc) is 2.46. The maximum absolute atomic E-state index is 12.4. The van der Waals surface area contributed by atoms with Crippen LogP contribution in [0.2, 0.25) is 0 Å². The highest BCUT2D eigenvalue weighted by molar-refractivity contribution is 8.00. The molecule has 0 saturated carbocycles. The molecule has 0 aromatic heterocycles. The summed E-state index contributed by atoms with van der Waals surface area (Å²) >= 11 is 1.52. The zero-order valence-corrected chi connectivity index (χ0v) is 11.5. The first-order chi connectivity index (χ1) is 9.24. The van der Waals surface area contributed by atoms with E-state index in [1.807, 2.05) is 17.0 Å². The highest BCUT2D eigenvalue weighted by Crippen LogP contribution is 2.32. The third-order valence-corrected chi connectivity index (χ3v) is 4.58. The molecule has 0 radical (unpaired) electrons. The van der Waals surface area contributed by atoms with Gasteiger partial charge in [-0.3, -0.25) is 9.59 Å². The molecule has 1 aromatic rings. The van der Waals surface area contributed by atoms with Crippen LogP contribution in [-0.2, 0) is 4.79 Å². The summed E-state index contributed by atoms with van der Waals surface area (Å²) in [5, 5.41) is 2.83. The van der Waals surface area contributed by atoms with Crippen LogP contribution in [0.3, 0.4) is 0 Å². The van der Waals surface area contributed by atoms with Crippen molar-refractivity contribution in [1.29, 1.82) is 0 Å². The number of fused-ring (bicyclic) bond motifs is 1. The van der Waals surface area contributed by atoms with Crippen LogP contribution in [0.25, 0.3) is 0 Å². The van der Waals surface area contributed by atoms with E-state index in [4.69, 9.17) is 0 Å². The van der Waals surface area contributed by atoms with E-state index in [1.54, 1.807) is 6.07 Å². The predicted octanol–water partition coefficient (Wildman–Crippen LogP) is 2.36. The molecule has 1 aromatic carbocycles. The molecule has 1 N–H and O–H groups in total. The molecule has 0 bridgehead atoms. The molecule has 1 fully saturated rings. The monoisotopic (exact) mass is 276 g/mol. The summed E-state index contributed by atoms with van der Waals surface area (Å²) in [7, 11) is 0. The van der Waals surface area contributed by atoms with E-state index in [2.05, 4.69) is 5.32 Å². The first-order valence-electron chi connectivity index (χ1n) is 6.60.